The molecule has 0 N–H and O–H groups in total. The highest BCUT2D eigenvalue weighted by Gasteiger charge is 2.61. The van der Waals surface area contributed by atoms with E-state index in [-0.39, 0.29) is 50.2 Å². The van der Waals surface area contributed by atoms with Crippen molar-refractivity contribution in [1.82, 2.24) is 0 Å². The Bertz CT molecular complexity index is 3760. The topological polar surface area (TPSA) is 9.72 Å². The van der Waals surface area contributed by atoms with Crippen molar-refractivity contribution in [1.29, 1.82) is 0 Å². The van der Waals surface area contributed by atoms with E-state index in [4.69, 9.17) is 0 Å². The minimum absolute atomic E-state index is 0.0339. The predicted octanol–water partition coefficient (Wildman–Crippen LogP) is 17.5. The number of para-hydroxylation sites is 1. The van der Waals surface area contributed by atoms with E-state index < -0.39 is 0 Å². The zero-order chi connectivity index (χ0) is 54.8. The molecule has 7 aromatic rings. The van der Waals surface area contributed by atoms with Crippen LogP contribution in [0.4, 0.5) is 45.5 Å². The number of nitrogens with zero attached hydrogens (tertiary/aromatic N) is 3. The van der Waals surface area contributed by atoms with E-state index in [0.717, 1.165) is 38.5 Å². The quantitative estimate of drug-likeness (QED) is 0.163. The number of rotatable bonds is 4. The molecule has 0 spiro atoms. The first kappa shape index (κ1) is 50.0. The van der Waals surface area contributed by atoms with Crippen molar-refractivity contribution in [2.75, 3.05) is 14.7 Å². The van der Waals surface area contributed by atoms with Gasteiger partial charge in [0, 0.05) is 50.9 Å². The van der Waals surface area contributed by atoms with Gasteiger partial charge in [0.05, 0.1) is 5.54 Å². The van der Waals surface area contributed by atoms with Gasteiger partial charge in [-0.3, -0.25) is 0 Å². The number of hydrogen-bond donors (Lipinski definition) is 0. The van der Waals surface area contributed by atoms with Gasteiger partial charge in [-0.2, -0.15) is 0 Å². The maximum Gasteiger partial charge on any atom is 0.252 e. The molecule has 4 heteroatoms. The third-order valence-corrected chi connectivity index (χ3v) is 22.6. The van der Waals surface area contributed by atoms with E-state index in [1.54, 1.807) is 11.1 Å². The average Bonchev–Trinajstić information content (AvgIpc) is 2.47. The number of hydrogen-bond acceptors (Lipinski definition) is 3. The molecule has 0 bridgehead atoms. The number of anilines is 8. The Morgan fingerprint density at radius 2 is 0.861 bits per heavy atom. The van der Waals surface area contributed by atoms with Crippen LogP contribution in [0.1, 0.15) is 197 Å². The summed E-state index contributed by atoms with van der Waals surface area (Å²) in [5.74, 6) is 0. The van der Waals surface area contributed by atoms with Crippen LogP contribution >= 0.6 is 0 Å². The van der Waals surface area contributed by atoms with Crippen molar-refractivity contribution < 1.29 is 0 Å². The lowest BCUT2D eigenvalue weighted by molar-refractivity contribution is 0.215. The van der Waals surface area contributed by atoms with Gasteiger partial charge in [-0.25, -0.2) is 0 Å². The van der Waals surface area contributed by atoms with Crippen LogP contribution in [-0.4, -0.2) is 12.3 Å². The molecule has 0 saturated heterocycles. The smallest absolute Gasteiger partial charge is 0.252 e. The summed E-state index contributed by atoms with van der Waals surface area (Å²) in [4.78, 5) is 8.48. The Hall–Kier alpha value is -6.00. The molecule has 1 saturated carbocycles. The fourth-order valence-electron chi connectivity index (χ4n) is 18.3. The molecular formula is C75H84BN3. The fourth-order valence-corrected chi connectivity index (χ4v) is 18.3. The van der Waals surface area contributed by atoms with Crippen molar-refractivity contribution in [3.8, 4) is 0 Å². The second-order valence-electron chi connectivity index (χ2n) is 31.0. The van der Waals surface area contributed by atoms with E-state index in [9.17, 15) is 0 Å². The van der Waals surface area contributed by atoms with Gasteiger partial charge in [-0.05, 0) is 230 Å². The second kappa shape index (κ2) is 16.1. The molecule has 3 aliphatic heterocycles. The Morgan fingerprint density at radius 1 is 0.354 bits per heavy atom. The van der Waals surface area contributed by atoms with Crippen molar-refractivity contribution in [2.45, 2.75) is 200 Å². The molecule has 3 heterocycles. The van der Waals surface area contributed by atoms with Crippen LogP contribution in [0.5, 0.6) is 0 Å². The van der Waals surface area contributed by atoms with E-state index in [1.807, 2.05) is 0 Å². The van der Waals surface area contributed by atoms with Gasteiger partial charge in [0.2, 0.25) is 0 Å². The molecule has 0 aromatic heterocycles. The molecule has 2 unspecified atom stereocenters. The summed E-state index contributed by atoms with van der Waals surface area (Å²) in [5, 5.41) is 0. The van der Waals surface area contributed by atoms with Crippen molar-refractivity contribution in [2.24, 2.45) is 10.8 Å². The molecule has 0 radical (unpaired) electrons. The SMILES string of the molecule is CC1(C)Cc2ccc(N3c4cc5c(cc4B4c6cc7c(cc6N(c6ccc8c(c6)C(C)(C)CCC8(C)C)c6cc(N8c9ccccc9C9(c%10ccccc%10)CCCCC89C)cc3c64)C(C)(C)CCC7(C)C)CC(C)(C)C5)cc2C1. The van der Waals surface area contributed by atoms with Gasteiger partial charge < -0.3 is 14.7 Å². The van der Waals surface area contributed by atoms with E-state index in [0.29, 0.717) is 0 Å². The molecular weight excluding hydrogens is 954 g/mol. The van der Waals surface area contributed by atoms with Crippen LogP contribution in [0.15, 0.2) is 127 Å². The van der Waals surface area contributed by atoms with Gasteiger partial charge >= 0.3 is 0 Å². The van der Waals surface area contributed by atoms with Crippen LogP contribution in [0, 0.1) is 10.8 Å². The van der Waals surface area contributed by atoms with Crippen LogP contribution in [0.3, 0.4) is 0 Å². The molecule has 1 fully saturated rings. The Balaban J connectivity index is 1.09. The molecule has 7 aromatic carbocycles. The largest absolute Gasteiger partial charge is 0.334 e. The Morgan fingerprint density at radius 3 is 1.53 bits per heavy atom. The van der Waals surface area contributed by atoms with E-state index >= 15 is 0 Å². The zero-order valence-corrected chi connectivity index (χ0v) is 50.0. The second-order valence-corrected chi connectivity index (χ2v) is 31.0. The van der Waals surface area contributed by atoms with Gasteiger partial charge in [0.15, 0.2) is 0 Å². The molecule has 5 aliphatic carbocycles. The summed E-state index contributed by atoms with van der Waals surface area (Å²) in [6.07, 6.45) is 13.8. The summed E-state index contributed by atoms with van der Waals surface area (Å²) in [6.45, 7) is 32.7. The monoisotopic (exact) mass is 1040 g/mol. The summed E-state index contributed by atoms with van der Waals surface area (Å²) in [6, 6.07) is 52.9. The van der Waals surface area contributed by atoms with Gasteiger partial charge in [-0.15, -0.1) is 0 Å². The van der Waals surface area contributed by atoms with Crippen molar-refractivity contribution in [3.05, 3.63) is 183 Å². The molecule has 79 heavy (non-hydrogen) atoms. The summed E-state index contributed by atoms with van der Waals surface area (Å²) in [7, 11) is 0. The number of fused-ring (bicyclic) bond motifs is 11. The number of benzene rings is 7. The highest BCUT2D eigenvalue weighted by molar-refractivity contribution is 7.00. The lowest BCUT2D eigenvalue weighted by atomic mass is 9.33. The molecule has 402 valence electrons. The van der Waals surface area contributed by atoms with Crippen LogP contribution in [0.25, 0.3) is 0 Å². The fraction of sp³-hybridized carbons (Fsp3) is 0.440. The molecule has 0 amide bonds. The lowest BCUT2D eigenvalue weighted by Gasteiger charge is -2.53. The highest BCUT2D eigenvalue weighted by Crippen LogP contribution is 2.65. The van der Waals surface area contributed by atoms with Crippen LogP contribution in [-0.2, 0) is 52.8 Å². The predicted molar refractivity (Wildman–Crippen MR) is 336 cm³/mol. The molecule has 8 aliphatic rings. The first-order valence-electron chi connectivity index (χ1n) is 30.8. The molecule has 2 atom stereocenters. The maximum absolute atomic E-state index is 2.88. The maximum atomic E-state index is 2.88. The highest BCUT2D eigenvalue weighted by atomic mass is 15.3. The molecule has 15 rings (SSSR count). The first-order chi connectivity index (χ1) is 37.4. The van der Waals surface area contributed by atoms with E-state index in [2.05, 4.69) is 232 Å². The van der Waals surface area contributed by atoms with Gasteiger partial charge in [-0.1, -0.05) is 169 Å². The third kappa shape index (κ3) is 6.97. The Labute approximate surface area is 474 Å². The average molecular weight is 1040 g/mol. The van der Waals surface area contributed by atoms with E-state index in [1.165, 1.54) is 145 Å². The van der Waals surface area contributed by atoms with Gasteiger partial charge in [0.25, 0.3) is 6.71 Å². The minimum Gasteiger partial charge on any atom is -0.334 e. The third-order valence-electron chi connectivity index (χ3n) is 22.6. The minimum atomic E-state index is -0.229. The van der Waals surface area contributed by atoms with Crippen molar-refractivity contribution in [3.63, 3.8) is 0 Å². The van der Waals surface area contributed by atoms with Crippen LogP contribution < -0.4 is 31.1 Å². The summed E-state index contributed by atoms with van der Waals surface area (Å²) >= 11 is 0. The van der Waals surface area contributed by atoms with Crippen molar-refractivity contribution >= 4 is 68.6 Å². The normalized spacial score (nSPS) is 25.0. The summed E-state index contributed by atoms with van der Waals surface area (Å²) in [5.41, 5.74) is 30.4. The Kier molecular flexibility index (Phi) is 10.2. The van der Waals surface area contributed by atoms with Crippen LogP contribution in [0.2, 0.25) is 0 Å². The molecule has 3 nitrogen and oxygen atoms in total. The lowest BCUT2D eigenvalue weighted by Crippen LogP contribution is -2.62. The standard InChI is InChI=1S/C75H84BN3/c1-68(2)43-47-25-26-52(35-48(47)44-68)77-63-37-50-46-69(3,4)45-49(50)36-60(63)76-61-41-58-59(73(11,12)34-33-72(58,9)10)42-64(61)78(53-27-28-55-57(38-53)71(7,8)32-31-70(55,5)6)66-40-54(39-65(77)67(66)76)79-62-24-18-17-23-56(62)75(51-21-15-14-16-22-51)30-20-19-29-74(75,79)13/h14-18,21-28,35-42H,19-20,29-34,43-46H2,1-13H3. The summed E-state index contributed by atoms with van der Waals surface area (Å²) < 4.78 is 0. The zero-order valence-electron chi connectivity index (χ0n) is 50.0. The van der Waals surface area contributed by atoms with Gasteiger partial charge in [0.1, 0.15) is 0 Å². The first-order valence-corrected chi connectivity index (χ1v) is 30.8.